The number of benzene rings is 1. The van der Waals surface area contributed by atoms with Gasteiger partial charge in [0.25, 0.3) is 0 Å². The highest BCUT2D eigenvalue weighted by Gasteiger charge is 2.01. The van der Waals surface area contributed by atoms with Crippen LogP contribution >= 0.6 is 0 Å². The number of anilines is 1. The normalized spacial score (nSPS) is 9.85. The van der Waals surface area contributed by atoms with Gasteiger partial charge in [-0.1, -0.05) is 0 Å². The summed E-state index contributed by atoms with van der Waals surface area (Å²) in [6.45, 7) is 2.54. The lowest BCUT2D eigenvalue weighted by Crippen LogP contribution is -2.24. The average Bonchev–Trinajstić information content (AvgIpc) is 2.16. The van der Waals surface area contributed by atoms with Crippen molar-refractivity contribution in [2.45, 2.75) is 6.92 Å². The van der Waals surface area contributed by atoms with Crippen LogP contribution in [0.2, 0.25) is 0 Å². The van der Waals surface area contributed by atoms with Gasteiger partial charge in [0.15, 0.2) is 0 Å². The predicted molar refractivity (Wildman–Crippen MR) is 55.2 cm³/mol. The number of rotatable bonds is 3. The fourth-order valence-electron chi connectivity index (χ4n) is 1.21. The Kier molecular flexibility index (Phi) is 3.14. The van der Waals surface area contributed by atoms with Crippen LogP contribution in [0.1, 0.15) is 5.56 Å². The van der Waals surface area contributed by atoms with Crippen molar-refractivity contribution in [3.05, 3.63) is 23.8 Å². The second kappa shape index (κ2) is 4.14. The predicted octanol–water partition coefficient (Wildman–Crippen LogP) is 1.36. The molecule has 0 fully saturated rings. The number of hydrogen-bond acceptors (Lipinski definition) is 3. The molecule has 0 heterocycles. The van der Waals surface area contributed by atoms with Crippen molar-refractivity contribution in [3.63, 3.8) is 0 Å². The second-order valence-corrected chi connectivity index (χ2v) is 3.03. The lowest BCUT2D eigenvalue weighted by Gasteiger charge is -2.17. The van der Waals surface area contributed by atoms with E-state index >= 15 is 0 Å². The van der Waals surface area contributed by atoms with E-state index in [9.17, 15) is 0 Å². The van der Waals surface area contributed by atoms with Gasteiger partial charge in [0.2, 0.25) is 0 Å². The Morgan fingerprint density at radius 2 is 2.15 bits per heavy atom. The van der Waals surface area contributed by atoms with Crippen molar-refractivity contribution < 1.29 is 4.74 Å². The van der Waals surface area contributed by atoms with Gasteiger partial charge in [0.05, 0.1) is 13.8 Å². The van der Waals surface area contributed by atoms with Crippen LogP contribution in [0.5, 0.6) is 5.75 Å². The lowest BCUT2D eigenvalue weighted by molar-refractivity contribution is 0.411. The molecule has 0 aliphatic heterocycles. The molecule has 0 unspecified atom stereocenters. The molecule has 2 N–H and O–H groups in total. The molecule has 72 valence electrons. The Hall–Kier alpha value is -1.22. The van der Waals surface area contributed by atoms with Gasteiger partial charge in [0, 0.05) is 12.7 Å². The van der Waals surface area contributed by atoms with E-state index in [1.54, 1.807) is 7.11 Å². The summed E-state index contributed by atoms with van der Waals surface area (Å²) in [4.78, 5) is 1.98. The number of methoxy groups -OCH3 is 1. The Bertz CT molecular complexity index is 286. The minimum atomic E-state index is 0.520. The summed E-state index contributed by atoms with van der Waals surface area (Å²) in [5.41, 5.74) is 7.76. The first-order valence-corrected chi connectivity index (χ1v) is 4.25. The van der Waals surface area contributed by atoms with Crippen molar-refractivity contribution in [1.82, 2.24) is 0 Å². The molecule has 0 spiro atoms. The molecule has 0 radical (unpaired) electrons. The Balaban J connectivity index is 2.95. The second-order valence-electron chi connectivity index (χ2n) is 3.03. The van der Waals surface area contributed by atoms with E-state index in [4.69, 9.17) is 10.5 Å². The molecule has 1 aromatic rings. The minimum absolute atomic E-state index is 0.520. The van der Waals surface area contributed by atoms with Crippen molar-refractivity contribution in [2.75, 3.05) is 25.7 Å². The summed E-state index contributed by atoms with van der Waals surface area (Å²) < 4.78 is 5.16. The van der Waals surface area contributed by atoms with Gasteiger partial charge in [-0.25, -0.2) is 0 Å². The quantitative estimate of drug-likeness (QED) is 0.714. The first-order chi connectivity index (χ1) is 6.19. The maximum atomic E-state index is 5.52. The molecule has 1 rings (SSSR count). The maximum Gasteiger partial charge on any atom is 0.121 e. The summed E-state index contributed by atoms with van der Waals surface area (Å²) in [6, 6.07) is 6.02. The first kappa shape index (κ1) is 9.86. The van der Waals surface area contributed by atoms with Gasteiger partial charge in [-0.15, -0.1) is 0 Å². The Morgan fingerprint density at radius 3 is 2.62 bits per heavy atom. The van der Waals surface area contributed by atoms with Crippen LogP contribution in [0.15, 0.2) is 18.2 Å². The fourth-order valence-corrected chi connectivity index (χ4v) is 1.21. The van der Waals surface area contributed by atoms with Gasteiger partial charge in [0.1, 0.15) is 5.75 Å². The molecular weight excluding hydrogens is 164 g/mol. The molecular formula is C10H16N2O. The summed E-state index contributed by atoms with van der Waals surface area (Å²) in [6.07, 6.45) is 0. The van der Waals surface area contributed by atoms with E-state index in [1.807, 2.05) is 31.0 Å². The van der Waals surface area contributed by atoms with Crippen molar-refractivity contribution in [1.29, 1.82) is 0 Å². The van der Waals surface area contributed by atoms with Crippen LogP contribution in [0.4, 0.5) is 5.69 Å². The molecule has 13 heavy (non-hydrogen) atoms. The van der Waals surface area contributed by atoms with Crippen LogP contribution in [-0.2, 0) is 0 Å². The standard InChI is InChI=1S/C10H16N2O/c1-8-6-9(12(2)7-11)4-5-10(8)13-3/h4-6H,7,11H2,1-3H3. The number of aryl methyl sites for hydroxylation is 1. The minimum Gasteiger partial charge on any atom is -0.496 e. The molecule has 1 aromatic carbocycles. The average molecular weight is 180 g/mol. The van der Waals surface area contributed by atoms with Crippen LogP contribution < -0.4 is 15.4 Å². The van der Waals surface area contributed by atoms with Crippen molar-refractivity contribution >= 4 is 5.69 Å². The highest BCUT2D eigenvalue weighted by Crippen LogP contribution is 2.22. The lowest BCUT2D eigenvalue weighted by atomic mass is 10.2. The molecule has 3 heteroatoms. The van der Waals surface area contributed by atoms with Gasteiger partial charge in [-0.05, 0) is 30.7 Å². The van der Waals surface area contributed by atoms with E-state index in [-0.39, 0.29) is 0 Å². The van der Waals surface area contributed by atoms with E-state index < -0.39 is 0 Å². The largest absolute Gasteiger partial charge is 0.496 e. The van der Waals surface area contributed by atoms with E-state index in [1.165, 1.54) is 0 Å². The van der Waals surface area contributed by atoms with E-state index in [0.29, 0.717) is 6.67 Å². The van der Waals surface area contributed by atoms with Crippen LogP contribution in [0.3, 0.4) is 0 Å². The molecule has 0 amide bonds. The number of nitrogens with two attached hydrogens (primary N) is 1. The third kappa shape index (κ3) is 2.12. The molecule has 3 nitrogen and oxygen atoms in total. The number of hydrogen-bond donors (Lipinski definition) is 1. The molecule has 0 bridgehead atoms. The summed E-state index contributed by atoms with van der Waals surface area (Å²) in [7, 11) is 3.63. The summed E-state index contributed by atoms with van der Waals surface area (Å²) >= 11 is 0. The smallest absolute Gasteiger partial charge is 0.121 e. The van der Waals surface area contributed by atoms with Gasteiger partial charge in [-0.2, -0.15) is 0 Å². The molecule has 0 atom stereocenters. The molecule has 0 saturated heterocycles. The SMILES string of the molecule is COc1ccc(N(C)CN)cc1C. The Morgan fingerprint density at radius 1 is 1.46 bits per heavy atom. The van der Waals surface area contributed by atoms with Crippen molar-refractivity contribution in [3.8, 4) is 5.75 Å². The maximum absolute atomic E-state index is 5.52. The zero-order valence-electron chi connectivity index (χ0n) is 8.37. The number of ether oxygens (including phenoxy) is 1. The summed E-state index contributed by atoms with van der Waals surface area (Å²) in [5, 5.41) is 0. The Labute approximate surface area is 79.1 Å². The molecule has 0 aromatic heterocycles. The van der Waals surface area contributed by atoms with Crippen LogP contribution in [0.25, 0.3) is 0 Å². The topological polar surface area (TPSA) is 38.5 Å². The molecule has 0 aliphatic rings. The highest BCUT2D eigenvalue weighted by atomic mass is 16.5. The van der Waals surface area contributed by atoms with Gasteiger partial charge in [-0.3, -0.25) is 0 Å². The first-order valence-electron chi connectivity index (χ1n) is 4.25. The van der Waals surface area contributed by atoms with E-state index in [0.717, 1.165) is 17.0 Å². The third-order valence-electron chi connectivity index (χ3n) is 2.09. The molecule has 0 aliphatic carbocycles. The van der Waals surface area contributed by atoms with Gasteiger partial charge >= 0.3 is 0 Å². The fraction of sp³-hybridized carbons (Fsp3) is 0.400. The molecule has 0 saturated carbocycles. The van der Waals surface area contributed by atoms with Crippen molar-refractivity contribution in [2.24, 2.45) is 5.73 Å². The van der Waals surface area contributed by atoms with Gasteiger partial charge < -0.3 is 15.4 Å². The van der Waals surface area contributed by atoms with E-state index in [2.05, 4.69) is 6.07 Å². The zero-order chi connectivity index (χ0) is 9.84. The van der Waals surface area contributed by atoms with Crippen LogP contribution in [0, 0.1) is 6.92 Å². The monoisotopic (exact) mass is 180 g/mol. The highest BCUT2D eigenvalue weighted by molar-refractivity contribution is 5.52. The van der Waals surface area contributed by atoms with Crippen LogP contribution in [-0.4, -0.2) is 20.8 Å². The number of nitrogens with zero attached hydrogens (tertiary/aromatic N) is 1. The summed E-state index contributed by atoms with van der Waals surface area (Å²) in [5.74, 6) is 0.911. The zero-order valence-corrected chi connectivity index (χ0v) is 8.37. The third-order valence-corrected chi connectivity index (χ3v) is 2.09.